The van der Waals surface area contributed by atoms with Crippen LogP contribution in [-0.2, 0) is 76.3 Å². The summed E-state index contributed by atoms with van der Waals surface area (Å²) in [6.45, 7) is 13.2. The summed E-state index contributed by atoms with van der Waals surface area (Å²) in [5.41, 5.74) is 0. The van der Waals surface area contributed by atoms with Crippen LogP contribution in [0.3, 0.4) is 0 Å². The number of ether oxygens (including phenoxy) is 10. The molecule has 8 atom stereocenters. The molecule has 46 heavy (non-hydrogen) atoms. The average molecular weight is 709 g/mol. The molecule has 6 aliphatic heterocycles. The summed E-state index contributed by atoms with van der Waals surface area (Å²) in [6, 6.07) is 0. The molecule has 0 spiro atoms. The smallest absolute Gasteiger partial charge is 0.225 e. The molecule has 272 valence electrons. The van der Waals surface area contributed by atoms with Crippen LogP contribution in [0.1, 0.15) is 70.2 Å². The molecule has 8 unspecified atom stereocenters. The highest BCUT2D eigenvalue weighted by molar-refractivity contribution is 7.88. The van der Waals surface area contributed by atoms with Crippen molar-refractivity contribution in [2.75, 3.05) is 26.4 Å². The van der Waals surface area contributed by atoms with E-state index in [1.54, 1.807) is 55.4 Å². The van der Waals surface area contributed by atoms with Crippen molar-refractivity contribution in [2.24, 2.45) is 0 Å². The van der Waals surface area contributed by atoms with Crippen LogP contribution in [0.4, 0.5) is 0 Å². The van der Waals surface area contributed by atoms with Gasteiger partial charge in [0.15, 0.2) is 43.8 Å². The molecule has 0 saturated carbocycles. The third-order valence-electron chi connectivity index (χ3n) is 7.38. The van der Waals surface area contributed by atoms with E-state index in [1.807, 2.05) is 0 Å². The Kier molecular flexibility index (Phi) is 10.9. The normalized spacial score (nSPS) is 41.0. The van der Waals surface area contributed by atoms with Gasteiger partial charge < -0.3 is 57.6 Å². The number of hydrogen-bond acceptors (Lipinski definition) is 16. The van der Waals surface area contributed by atoms with Gasteiger partial charge in [-0.15, -0.1) is 0 Å². The molecule has 0 aromatic rings. The monoisotopic (exact) mass is 708 g/mol. The lowest BCUT2D eigenvalue weighted by atomic mass is 9.98. The standard InChI is InChI=1S/2C12H20NO8S.2CH4/c2*1-10(2)18-7-5-16-12(6-17-22(13,14)15)9(8(7)19-10)20-11(3,4)21-12;;/h2*7-9H,5-6H2,1-4H3,(H-,13,14,15);2*1H4/q2*-1;;. The van der Waals surface area contributed by atoms with Gasteiger partial charge in [-0.25, -0.2) is 16.8 Å². The van der Waals surface area contributed by atoms with Crippen LogP contribution in [-0.4, -0.2) is 115 Å². The van der Waals surface area contributed by atoms with Crippen LogP contribution in [0.15, 0.2) is 0 Å². The molecule has 0 aliphatic carbocycles. The van der Waals surface area contributed by atoms with E-state index in [4.69, 9.17) is 57.6 Å². The maximum absolute atomic E-state index is 11.0. The summed E-state index contributed by atoms with van der Waals surface area (Å²) < 4.78 is 111. The van der Waals surface area contributed by atoms with E-state index in [0.29, 0.717) is 0 Å². The third kappa shape index (κ3) is 8.55. The summed E-state index contributed by atoms with van der Waals surface area (Å²) in [6.07, 6.45) is -3.13. The predicted molar refractivity (Wildman–Crippen MR) is 157 cm³/mol. The van der Waals surface area contributed by atoms with Crippen molar-refractivity contribution in [3.05, 3.63) is 10.3 Å². The summed E-state index contributed by atoms with van der Waals surface area (Å²) >= 11 is 0. The van der Waals surface area contributed by atoms with Gasteiger partial charge in [-0.1, -0.05) is 14.9 Å². The molecule has 0 bridgehead atoms. The van der Waals surface area contributed by atoms with Crippen LogP contribution in [0.2, 0.25) is 0 Å². The molecule has 6 rings (SSSR count). The maximum atomic E-state index is 11.0. The first-order valence-corrected chi connectivity index (χ1v) is 16.7. The number of hydrogen-bond donors (Lipinski definition) is 0. The van der Waals surface area contributed by atoms with E-state index < -0.39 is 93.0 Å². The number of fused-ring (bicyclic) bond motifs is 6. The fourth-order valence-electron chi connectivity index (χ4n) is 6.21. The van der Waals surface area contributed by atoms with E-state index in [2.05, 4.69) is 8.37 Å². The summed E-state index contributed by atoms with van der Waals surface area (Å²) in [5, 5.41) is 13.7. The van der Waals surface area contributed by atoms with Crippen LogP contribution in [0.5, 0.6) is 0 Å². The first-order chi connectivity index (χ1) is 19.8. The summed E-state index contributed by atoms with van der Waals surface area (Å²) in [7, 11) is -8.77. The van der Waals surface area contributed by atoms with E-state index in [9.17, 15) is 16.8 Å². The molecular weight excluding hydrogens is 660 g/mol. The first-order valence-electron chi connectivity index (χ1n) is 13.9. The van der Waals surface area contributed by atoms with Gasteiger partial charge in [0.05, 0.1) is 13.2 Å². The topological polar surface area (TPSA) is 227 Å². The van der Waals surface area contributed by atoms with Gasteiger partial charge >= 0.3 is 0 Å². The third-order valence-corrected chi connectivity index (χ3v) is 8.24. The van der Waals surface area contributed by atoms with E-state index >= 15 is 0 Å². The molecule has 0 aromatic carbocycles. The highest BCUT2D eigenvalue weighted by atomic mass is 32.2. The lowest BCUT2D eigenvalue weighted by Crippen LogP contribution is -2.60. The molecule has 6 fully saturated rings. The van der Waals surface area contributed by atoms with Crippen molar-refractivity contribution in [2.45, 2.75) is 142 Å². The molecule has 18 nitrogen and oxygen atoms in total. The molecule has 6 saturated heterocycles. The van der Waals surface area contributed by atoms with Crippen molar-refractivity contribution in [1.29, 1.82) is 0 Å². The second kappa shape index (κ2) is 12.6. The lowest BCUT2D eigenvalue weighted by Gasteiger charge is -2.40. The van der Waals surface area contributed by atoms with Gasteiger partial charge in [0, 0.05) is 0 Å². The molecule has 20 heteroatoms. The molecule has 2 N–H and O–H groups in total. The molecule has 6 heterocycles. The van der Waals surface area contributed by atoms with Crippen molar-refractivity contribution < 1.29 is 72.6 Å². The predicted octanol–water partition coefficient (Wildman–Crippen LogP) is 2.67. The Hall–Kier alpha value is -0.660. The van der Waals surface area contributed by atoms with Crippen LogP contribution >= 0.6 is 0 Å². The molecule has 6 aliphatic rings. The van der Waals surface area contributed by atoms with Crippen LogP contribution in [0, 0.1) is 0 Å². The van der Waals surface area contributed by atoms with Crippen molar-refractivity contribution in [3.8, 4) is 0 Å². The molecule has 0 aromatic heterocycles. The van der Waals surface area contributed by atoms with Gasteiger partial charge in [0.25, 0.3) is 0 Å². The molecule has 0 amide bonds. The Morgan fingerprint density at radius 2 is 0.891 bits per heavy atom. The Bertz CT molecular complexity index is 1220. The van der Waals surface area contributed by atoms with Gasteiger partial charge in [-0.2, -0.15) is 0 Å². The molecular formula is C26H48N2O16S2-2. The van der Waals surface area contributed by atoms with Crippen LogP contribution in [0.25, 0.3) is 10.3 Å². The van der Waals surface area contributed by atoms with Crippen LogP contribution < -0.4 is 0 Å². The Balaban J connectivity index is 0.000000240. The minimum atomic E-state index is -4.39. The summed E-state index contributed by atoms with van der Waals surface area (Å²) in [5.74, 6) is -6.53. The Morgan fingerprint density at radius 3 is 1.20 bits per heavy atom. The SMILES string of the molecule is C.C.CC1(C)OC2COC3(COS([NH-])(=O)=O)OC(C)(C)OC3C2O1.CC1(C)OC2COC3(COS([NH-])(=O)=O)OC(C)(C)OC3C2O1. The second-order valence-electron chi connectivity index (χ2n) is 13.0. The van der Waals surface area contributed by atoms with Gasteiger partial charge in [0.1, 0.15) is 49.8 Å². The maximum Gasteiger partial charge on any atom is 0.225 e. The average Bonchev–Trinajstić information content (AvgIpc) is 3.50. The minimum Gasteiger partial charge on any atom is -0.540 e. The zero-order valence-electron chi connectivity index (χ0n) is 25.6. The number of nitrogens with one attached hydrogen (secondary N) is 2. The fourth-order valence-corrected chi connectivity index (χ4v) is 6.85. The largest absolute Gasteiger partial charge is 0.540 e. The fraction of sp³-hybridized carbons (Fsp3) is 1.00. The highest BCUT2D eigenvalue weighted by Crippen LogP contribution is 2.49. The van der Waals surface area contributed by atoms with Gasteiger partial charge in [-0.05, 0) is 55.4 Å². The quantitative estimate of drug-likeness (QED) is 0.386. The number of rotatable bonds is 6. The van der Waals surface area contributed by atoms with Crippen molar-refractivity contribution >= 4 is 20.6 Å². The zero-order valence-corrected chi connectivity index (χ0v) is 27.3. The first kappa shape index (κ1) is 39.8. The Labute approximate surface area is 271 Å². The molecule has 0 radical (unpaired) electrons. The second-order valence-corrected chi connectivity index (χ2v) is 15.3. The highest BCUT2D eigenvalue weighted by Gasteiger charge is 2.67. The Morgan fingerprint density at radius 1 is 0.565 bits per heavy atom. The van der Waals surface area contributed by atoms with E-state index in [-0.39, 0.29) is 40.3 Å². The van der Waals surface area contributed by atoms with E-state index in [1.165, 1.54) is 0 Å². The lowest BCUT2D eigenvalue weighted by molar-refractivity contribution is -0.290. The van der Waals surface area contributed by atoms with Gasteiger partial charge in [0.2, 0.25) is 11.6 Å². The minimum absolute atomic E-state index is 0. The summed E-state index contributed by atoms with van der Waals surface area (Å²) in [4.78, 5) is 0. The van der Waals surface area contributed by atoms with Crippen molar-refractivity contribution in [1.82, 2.24) is 0 Å². The van der Waals surface area contributed by atoms with Crippen molar-refractivity contribution in [3.63, 3.8) is 0 Å². The van der Waals surface area contributed by atoms with Gasteiger partial charge in [-0.3, -0.25) is 8.37 Å². The zero-order chi connectivity index (χ0) is 32.8. The van der Waals surface area contributed by atoms with E-state index in [0.717, 1.165) is 0 Å².